The molecule has 3 aromatic rings. The van der Waals surface area contributed by atoms with Gasteiger partial charge in [0.2, 0.25) is 5.95 Å². The molecule has 6 heteroatoms. The van der Waals surface area contributed by atoms with Crippen LogP contribution in [0.1, 0.15) is 36.6 Å². The lowest BCUT2D eigenvalue weighted by Crippen LogP contribution is -2.28. The number of anilines is 1. The predicted octanol–water partition coefficient (Wildman–Crippen LogP) is 3.96. The van der Waals surface area contributed by atoms with Gasteiger partial charge in [0.05, 0.1) is 18.7 Å². The summed E-state index contributed by atoms with van der Waals surface area (Å²) in [5.74, 6) is 1.35. The molecule has 128 valence electrons. The van der Waals surface area contributed by atoms with Gasteiger partial charge in [-0.25, -0.2) is 9.07 Å². The first-order chi connectivity index (χ1) is 12.2. The second-order valence-corrected chi connectivity index (χ2v) is 6.03. The van der Waals surface area contributed by atoms with Crippen LogP contribution in [0.25, 0.3) is 0 Å². The van der Waals surface area contributed by atoms with E-state index in [0.717, 1.165) is 29.2 Å². The minimum absolute atomic E-state index is 0.0101. The number of fused-ring (bicyclic) bond motifs is 1. The first-order valence-corrected chi connectivity index (χ1v) is 8.39. The van der Waals surface area contributed by atoms with Crippen molar-refractivity contribution in [3.8, 4) is 5.75 Å². The van der Waals surface area contributed by atoms with Crippen LogP contribution in [-0.2, 0) is 0 Å². The van der Waals surface area contributed by atoms with Crippen LogP contribution in [0.5, 0.6) is 5.75 Å². The first-order valence-electron chi connectivity index (χ1n) is 8.39. The van der Waals surface area contributed by atoms with E-state index in [1.165, 1.54) is 12.1 Å². The van der Waals surface area contributed by atoms with Gasteiger partial charge in [-0.15, -0.1) is 0 Å². The van der Waals surface area contributed by atoms with E-state index in [1.807, 2.05) is 35.9 Å². The summed E-state index contributed by atoms with van der Waals surface area (Å²) in [4.78, 5) is 4.31. The van der Waals surface area contributed by atoms with Gasteiger partial charge in [0, 0.05) is 0 Å². The quantitative estimate of drug-likeness (QED) is 0.782. The molecule has 5 nitrogen and oxygen atoms in total. The van der Waals surface area contributed by atoms with Crippen molar-refractivity contribution >= 4 is 5.95 Å². The van der Waals surface area contributed by atoms with Crippen LogP contribution in [0.4, 0.5) is 10.3 Å². The normalized spacial score (nSPS) is 19.1. The third-order valence-electron chi connectivity index (χ3n) is 4.48. The van der Waals surface area contributed by atoms with E-state index in [9.17, 15) is 4.39 Å². The van der Waals surface area contributed by atoms with Crippen molar-refractivity contribution in [2.24, 2.45) is 0 Å². The van der Waals surface area contributed by atoms with E-state index in [0.29, 0.717) is 6.61 Å². The zero-order valence-electron chi connectivity index (χ0n) is 13.9. The van der Waals surface area contributed by atoms with Crippen molar-refractivity contribution < 1.29 is 9.13 Å². The summed E-state index contributed by atoms with van der Waals surface area (Å²) in [6.45, 7) is 2.62. The highest BCUT2D eigenvalue weighted by molar-refractivity contribution is 5.39. The Morgan fingerprint density at radius 2 is 1.84 bits per heavy atom. The lowest BCUT2D eigenvalue weighted by atomic mass is 9.93. The van der Waals surface area contributed by atoms with Gasteiger partial charge in [-0.3, -0.25) is 0 Å². The third-order valence-corrected chi connectivity index (χ3v) is 4.48. The van der Waals surface area contributed by atoms with E-state index in [2.05, 4.69) is 27.5 Å². The molecule has 0 spiro atoms. The highest BCUT2D eigenvalue weighted by atomic mass is 19.1. The number of halogens is 1. The molecule has 1 N–H and O–H groups in total. The largest absolute Gasteiger partial charge is 0.494 e. The summed E-state index contributed by atoms with van der Waals surface area (Å²) in [7, 11) is 0. The topological polar surface area (TPSA) is 52.0 Å². The molecule has 0 saturated heterocycles. The molecule has 0 bridgehead atoms. The number of hydrogen-bond donors (Lipinski definition) is 1. The summed E-state index contributed by atoms with van der Waals surface area (Å²) >= 11 is 0. The summed E-state index contributed by atoms with van der Waals surface area (Å²) in [6.07, 6.45) is 2.34. The van der Waals surface area contributed by atoms with Crippen LogP contribution in [0.3, 0.4) is 0 Å². The first kappa shape index (κ1) is 15.6. The maximum atomic E-state index is 13.3. The predicted molar refractivity (Wildman–Crippen MR) is 93.2 cm³/mol. The fourth-order valence-electron chi connectivity index (χ4n) is 3.26. The van der Waals surface area contributed by atoms with Crippen LogP contribution in [0.15, 0.2) is 54.9 Å². The molecule has 2 aromatic carbocycles. The minimum Gasteiger partial charge on any atom is -0.494 e. The standard InChI is InChI=1S/C19H19FN4O/c1-2-25-16-9-5-13(6-10-16)17-11-18(14-3-7-15(20)8-4-14)24-19(23-17)21-12-22-24/h3-10,12,17-18H,2,11H2,1H3,(H,21,22,23)/t17-,18+/m1/s1. The van der Waals surface area contributed by atoms with Crippen molar-refractivity contribution in [1.29, 1.82) is 0 Å². The van der Waals surface area contributed by atoms with Gasteiger partial charge in [-0.1, -0.05) is 24.3 Å². The fourth-order valence-corrected chi connectivity index (χ4v) is 3.26. The highest BCUT2D eigenvalue weighted by Gasteiger charge is 2.29. The Balaban J connectivity index is 1.64. The van der Waals surface area contributed by atoms with Gasteiger partial charge in [0.25, 0.3) is 0 Å². The lowest BCUT2D eigenvalue weighted by molar-refractivity contribution is 0.340. The Morgan fingerprint density at radius 3 is 2.56 bits per heavy atom. The molecule has 0 amide bonds. The number of ether oxygens (including phenoxy) is 1. The SMILES string of the molecule is CCOc1ccc([C@H]2C[C@@H](c3ccc(F)cc3)n3ncnc3N2)cc1. The molecule has 1 aromatic heterocycles. The van der Waals surface area contributed by atoms with Gasteiger partial charge in [0.15, 0.2) is 0 Å². The molecule has 0 saturated carbocycles. The number of aromatic nitrogens is 3. The maximum absolute atomic E-state index is 13.3. The van der Waals surface area contributed by atoms with Crippen molar-refractivity contribution in [1.82, 2.24) is 14.8 Å². The highest BCUT2D eigenvalue weighted by Crippen LogP contribution is 2.37. The van der Waals surface area contributed by atoms with Crippen LogP contribution < -0.4 is 10.1 Å². The zero-order valence-corrected chi connectivity index (χ0v) is 13.9. The Bertz CT molecular complexity index is 845. The van der Waals surface area contributed by atoms with Crippen molar-refractivity contribution in [2.45, 2.75) is 25.4 Å². The molecule has 0 aliphatic carbocycles. The number of rotatable bonds is 4. The second-order valence-electron chi connectivity index (χ2n) is 6.03. The van der Waals surface area contributed by atoms with Crippen LogP contribution in [0.2, 0.25) is 0 Å². The van der Waals surface area contributed by atoms with E-state index in [4.69, 9.17) is 4.74 Å². The second kappa shape index (κ2) is 6.55. The molecule has 0 radical (unpaired) electrons. The summed E-state index contributed by atoms with van der Waals surface area (Å²) in [5.41, 5.74) is 2.18. The summed E-state index contributed by atoms with van der Waals surface area (Å²) < 4.78 is 20.6. The summed E-state index contributed by atoms with van der Waals surface area (Å²) in [5, 5.41) is 7.76. The van der Waals surface area contributed by atoms with Crippen molar-refractivity contribution in [2.75, 3.05) is 11.9 Å². The van der Waals surface area contributed by atoms with Gasteiger partial charge in [-0.05, 0) is 48.7 Å². The van der Waals surface area contributed by atoms with Gasteiger partial charge in [0.1, 0.15) is 17.9 Å². The molecule has 2 atom stereocenters. The van der Waals surface area contributed by atoms with E-state index < -0.39 is 0 Å². The molecular weight excluding hydrogens is 319 g/mol. The Hall–Kier alpha value is -2.89. The van der Waals surface area contributed by atoms with Crippen molar-refractivity contribution in [3.05, 3.63) is 71.8 Å². The van der Waals surface area contributed by atoms with E-state index in [1.54, 1.807) is 6.33 Å². The molecular formula is C19H19FN4O. The molecule has 1 aliphatic rings. The average Bonchev–Trinajstić information content (AvgIpc) is 3.11. The monoisotopic (exact) mass is 338 g/mol. The smallest absolute Gasteiger partial charge is 0.222 e. The lowest BCUT2D eigenvalue weighted by Gasteiger charge is -2.31. The average molecular weight is 338 g/mol. The van der Waals surface area contributed by atoms with Crippen molar-refractivity contribution in [3.63, 3.8) is 0 Å². The number of benzene rings is 2. The molecule has 25 heavy (non-hydrogen) atoms. The molecule has 4 rings (SSSR count). The molecule has 0 unspecified atom stereocenters. The van der Waals surface area contributed by atoms with Crippen LogP contribution in [-0.4, -0.2) is 21.4 Å². The third kappa shape index (κ3) is 3.07. The van der Waals surface area contributed by atoms with Gasteiger partial charge >= 0.3 is 0 Å². The Labute approximate surface area is 145 Å². The molecule has 2 heterocycles. The Kier molecular flexibility index (Phi) is 4.09. The van der Waals surface area contributed by atoms with Crippen LogP contribution in [0, 0.1) is 5.82 Å². The molecule has 0 fully saturated rings. The van der Waals surface area contributed by atoms with E-state index >= 15 is 0 Å². The number of nitrogens with one attached hydrogen (secondary N) is 1. The molecule has 1 aliphatic heterocycles. The minimum atomic E-state index is -0.237. The van der Waals surface area contributed by atoms with Gasteiger partial charge in [-0.2, -0.15) is 10.1 Å². The van der Waals surface area contributed by atoms with E-state index in [-0.39, 0.29) is 17.9 Å². The van der Waals surface area contributed by atoms with Gasteiger partial charge < -0.3 is 10.1 Å². The number of hydrogen-bond acceptors (Lipinski definition) is 4. The van der Waals surface area contributed by atoms with Crippen LogP contribution >= 0.6 is 0 Å². The summed E-state index contributed by atoms with van der Waals surface area (Å²) in [6, 6.07) is 14.8. The fraction of sp³-hybridized carbons (Fsp3) is 0.263. The number of nitrogens with zero attached hydrogens (tertiary/aromatic N) is 3. The zero-order chi connectivity index (χ0) is 17.2. The Morgan fingerprint density at radius 1 is 1.12 bits per heavy atom. The maximum Gasteiger partial charge on any atom is 0.222 e.